The Morgan fingerprint density at radius 1 is 1.53 bits per heavy atom. The fraction of sp³-hybridized carbons (Fsp3) is 0.417. The first-order chi connectivity index (χ1) is 8.00. The van der Waals surface area contributed by atoms with E-state index in [1.165, 1.54) is 0 Å². The van der Waals surface area contributed by atoms with Crippen molar-refractivity contribution < 1.29 is 9.90 Å². The summed E-state index contributed by atoms with van der Waals surface area (Å²) >= 11 is 3.34. The highest BCUT2D eigenvalue weighted by Gasteiger charge is 2.18. The molecule has 0 aliphatic carbocycles. The molecule has 0 spiro atoms. The number of nitrogens with zero attached hydrogens (tertiary/aromatic N) is 1. The van der Waals surface area contributed by atoms with Crippen LogP contribution < -0.4 is 5.32 Å². The molecule has 4 nitrogen and oxygen atoms in total. The molecule has 2 N–H and O–H groups in total. The van der Waals surface area contributed by atoms with Gasteiger partial charge in [-0.3, -0.25) is 10.1 Å². The lowest BCUT2D eigenvalue weighted by atomic mass is 10.1. The SMILES string of the molecule is CN(C)CCNC(C(=O)O)c1cccc(Br)c1. The van der Waals surface area contributed by atoms with E-state index in [0.717, 1.165) is 16.6 Å². The fourth-order valence-electron chi connectivity index (χ4n) is 1.47. The first-order valence-electron chi connectivity index (χ1n) is 5.37. The molecular formula is C12H17BrN2O2. The molecule has 0 amide bonds. The summed E-state index contributed by atoms with van der Waals surface area (Å²) in [5.41, 5.74) is 0.755. The molecule has 1 aromatic rings. The van der Waals surface area contributed by atoms with Crippen LogP contribution in [-0.4, -0.2) is 43.2 Å². The summed E-state index contributed by atoms with van der Waals surface area (Å²) in [5, 5.41) is 12.2. The summed E-state index contributed by atoms with van der Waals surface area (Å²) in [6.07, 6.45) is 0. The summed E-state index contributed by atoms with van der Waals surface area (Å²) in [5.74, 6) is -0.859. The van der Waals surface area contributed by atoms with Gasteiger partial charge in [-0.15, -0.1) is 0 Å². The van der Waals surface area contributed by atoms with Crippen LogP contribution in [0.15, 0.2) is 28.7 Å². The van der Waals surface area contributed by atoms with Gasteiger partial charge >= 0.3 is 5.97 Å². The van der Waals surface area contributed by atoms with Crippen molar-refractivity contribution in [3.8, 4) is 0 Å². The molecule has 0 radical (unpaired) electrons. The Morgan fingerprint density at radius 2 is 2.24 bits per heavy atom. The largest absolute Gasteiger partial charge is 0.480 e. The number of benzene rings is 1. The molecule has 17 heavy (non-hydrogen) atoms. The van der Waals surface area contributed by atoms with Crippen molar-refractivity contribution in [3.63, 3.8) is 0 Å². The predicted molar refractivity (Wildman–Crippen MR) is 71.1 cm³/mol. The third-order valence-electron chi connectivity index (χ3n) is 2.34. The quantitative estimate of drug-likeness (QED) is 0.840. The smallest absolute Gasteiger partial charge is 0.325 e. The Bertz CT molecular complexity index is 383. The average Bonchev–Trinajstić information content (AvgIpc) is 2.23. The van der Waals surface area contributed by atoms with E-state index in [1.807, 2.05) is 43.3 Å². The van der Waals surface area contributed by atoms with Gasteiger partial charge in [-0.05, 0) is 31.8 Å². The molecule has 0 aromatic heterocycles. The van der Waals surface area contributed by atoms with E-state index >= 15 is 0 Å². The van der Waals surface area contributed by atoms with E-state index in [2.05, 4.69) is 21.2 Å². The zero-order valence-electron chi connectivity index (χ0n) is 9.98. The lowest BCUT2D eigenvalue weighted by molar-refractivity contribution is -0.139. The van der Waals surface area contributed by atoms with Gasteiger partial charge < -0.3 is 10.0 Å². The minimum atomic E-state index is -0.859. The Balaban J connectivity index is 2.69. The van der Waals surface area contributed by atoms with Gasteiger partial charge in [0.15, 0.2) is 0 Å². The standard InChI is InChI=1S/C12H17BrN2O2/c1-15(2)7-6-14-11(12(16)17)9-4-3-5-10(13)8-9/h3-5,8,11,14H,6-7H2,1-2H3,(H,16,17). The second-order valence-electron chi connectivity index (χ2n) is 4.08. The number of carboxylic acids is 1. The van der Waals surface area contributed by atoms with Crippen molar-refractivity contribution in [2.45, 2.75) is 6.04 Å². The minimum absolute atomic E-state index is 0.635. The van der Waals surface area contributed by atoms with Crippen molar-refractivity contribution in [1.82, 2.24) is 10.2 Å². The zero-order chi connectivity index (χ0) is 12.8. The number of nitrogens with one attached hydrogen (secondary N) is 1. The summed E-state index contributed by atoms with van der Waals surface area (Å²) in [6.45, 7) is 1.44. The van der Waals surface area contributed by atoms with Crippen LogP contribution in [0.25, 0.3) is 0 Å². The van der Waals surface area contributed by atoms with E-state index < -0.39 is 12.0 Å². The van der Waals surface area contributed by atoms with Crippen LogP contribution in [0.5, 0.6) is 0 Å². The Hall–Kier alpha value is -0.910. The summed E-state index contributed by atoms with van der Waals surface area (Å²) < 4.78 is 0.885. The number of hydrogen-bond donors (Lipinski definition) is 2. The molecule has 5 heteroatoms. The molecule has 1 rings (SSSR count). The van der Waals surface area contributed by atoms with Crippen molar-refractivity contribution >= 4 is 21.9 Å². The van der Waals surface area contributed by atoms with E-state index in [9.17, 15) is 9.90 Å². The van der Waals surface area contributed by atoms with Gasteiger partial charge in [0.1, 0.15) is 6.04 Å². The number of aliphatic carboxylic acids is 1. The number of carbonyl (C=O) groups is 1. The molecule has 0 aliphatic rings. The van der Waals surface area contributed by atoms with Crippen molar-refractivity contribution in [3.05, 3.63) is 34.3 Å². The van der Waals surface area contributed by atoms with Crippen LogP contribution in [0.2, 0.25) is 0 Å². The maximum absolute atomic E-state index is 11.2. The molecule has 0 saturated heterocycles. The van der Waals surface area contributed by atoms with Crippen LogP contribution in [0.3, 0.4) is 0 Å². The van der Waals surface area contributed by atoms with Crippen molar-refractivity contribution in [1.29, 1.82) is 0 Å². The van der Waals surface area contributed by atoms with Crippen LogP contribution in [0, 0.1) is 0 Å². The van der Waals surface area contributed by atoms with Crippen LogP contribution in [0.4, 0.5) is 0 Å². The van der Waals surface area contributed by atoms with Gasteiger partial charge in [0.2, 0.25) is 0 Å². The fourth-order valence-corrected chi connectivity index (χ4v) is 1.88. The topological polar surface area (TPSA) is 52.6 Å². The number of likely N-dealkylation sites (N-methyl/N-ethyl adjacent to an activating group) is 1. The molecule has 1 unspecified atom stereocenters. The number of halogens is 1. The van der Waals surface area contributed by atoms with Crippen LogP contribution in [-0.2, 0) is 4.79 Å². The van der Waals surface area contributed by atoms with Gasteiger partial charge in [0, 0.05) is 17.6 Å². The molecule has 0 bridgehead atoms. The van der Waals surface area contributed by atoms with E-state index in [1.54, 1.807) is 0 Å². The maximum Gasteiger partial charge on any atom is 0.325 e. The third-order valence-corrected chi connectivity index (χ3v) is 2.83. The van der Waals surface area contributed by atoms with E-state index in [-0.39, 0.29) is 0 Å². The minimum Gasteiger partial charge on any atom is -0.480 e. The normalized spacial score (nSPS) is 12.7. The molecule has 1 atom stereocenters. The molecule has 1 aromatic carbocycles. The lowest BCUT2D eigenvalue weighted by Gasteiger charge is -2.17. The van der Waals surface area contributed by atoms with Crippen molar-refractivity contribution in [2.75, 3.05) is 27.2 Å². The summed E-state index contributed by atoms with van der Waals surface area (Å²) in [7, 11) is 3.91. The highest BCUT2D eigenvalue weighted by molar-refractivity contribution is 9.10. The Kier molecular flexibility index (Phi) is 5.61. The van der Waals surface area contributed by atoms with Crippen LogP contribution >= 0.6 is 15.9 Å². The second kappa shape index (κ2) is 6.74. The van der Waals surface area contributed by atoms with E-state index in [4.69, 9.17) is 0 Å². The second-order valence-corrected chi connectivity index (χ2v) is 5.00. The highest BCUT2D eigenvalue weighted by atomic mass is 79.9. The molecule has 0 aliphatic heterocycles. The Labute approximate surface area is 110 Å². The van der Waals surface area contributed by atoms with Gasteiger partial charge in [-0.2, -0.15) is 0 Å². The number of hydrogen-bond acceptors (Lipinski definition) is 3. The molecular weight excluding hydrogens is 284 g/mol. The number of rotatable bonds is 6. The van der Waals surface area contributed by atoms with Gasteiger partial charge in [0.05, 0.1) is 0 Å². The van der Waals surface area contributed by atoms with E-state index in [0.29, 0.717) is 6.54 Å². The maximum atomic E-state index is 11.2. The predicted octanol–water partition coefficient (Wildman–Crippen LogP) is 1.73. The monoisotopic (exact) mass is 300 g/mol. The molecule has 0 heterocycles. The first kappa shape index (κ1) is 14.2. The highest BCUT2D eigenvalue weighted by Crippen LogP contribution is 2.18. The molecule has 0 fully saturated rings. The first-order valence-corrected chi connectivity index (χ1v) is 6.16. The Morgan fingerprint density at radius 3 is 2.76 bits per heavy atom. The van der Waals surface area contributed by atoms with Gasteiger partial charge in [0.25, 0.3) is 0 Å². The van der Waals surface area contributed by atoms with Gasteiger partial charge in [-0.25, -0.2) is 0 Å². The average molecular weight is 301 g/mol. The number of carboxylic acid groups (broad SMARTS) is 1. The lowest BCUT2D eigenvalue weighted by Crippen LogP contribution is -2.33. The zero-order valence-corrected chi connectivity index (χ0v) is 11.6. The molecule has 94 valence electrons. The molecule has 0 saturated carbocycles. The summed E-state index contributed by atoms with van der Waals surface area (Å²) in [4.78, 5) is 13.2. The summed E-state index contributed by atoms with van der Waals surface area (Å²) in [6, 6.07) is 6.69. The third kappa shape index (κ3) is 4.85. The van der Waals surface area contributed by atoms with Crippen LogP contribution in [0.1, 0.15) is 11.6 Å². The van der Waals surface area contributed by atoms with Gasteiger partial charge in [-0.1, -0.05) is 28.1 Å². The van der Waals surface area contributed by atoms with Crippen molar-refractivity contribution in [2.24, 2.45) is 0 Å².